The quantitative estimate of drug-likeness (QED) is 0.173. The Morgan fingerprint density at radius 1 is 1.15 bits per heavy atom. The smallest absolute Gasteiger partial charge is 0.329 e. The molecule has 0 aliphatic heterocycles. The van der Waals surface area contributed by atoms with Gasteiger partial charge in [0.25, 0.3) is 0 Å². The van der Waals surface area contributed by atoms with Crippen LogP contribution in [-0.2, 0) is 23.3 Å². The molecule has 2 atom stereocenters. The topological polar surface area (TPSA) is 139 Å². The maximum Gasteiger partial charge on any atom is 0.472 e. The van der Waals surface area contributed by atoms with Crippen LogP contribution in [0.15, 0.2) is 0 Å². The molecular weight excluding hydrogens is 297 g/mol. The molecule has 0 spiro atoms. The largest absolute Gasteiger partial charge is 0.472 e. The maximum atomic E-state index is 11.5. The summed E-state index contributed by atoms with van der Waals surface area (Å²) in [6.07, 6.45) is -0.956. The van der Waals surface area contributed by atoms with E-state index >= 15 is 0 Å². The van der Waals surface area contributed by atoms with Crippen LogP contribution < -0.4 is 11.3 Å². The molecule has 0 aromatic carbocycles. The Kier molecular flexibility index (Phi) is 9.63. The van der Waals surface area contributed by atoms with Crippen molar-refractivity contribution in [3.05, 3.63) is 0 Å². The zero-order valence-electron chi connectivity index (χ0n) is 11.7. The molecule has 0 heterocycles. The molecule has 0 radical (unpaired) electrons. The molecule has 5 N–H and O–H groups in total. The summed E-state index contributed by atoms with van der Waals surface area (Å²) < 4.78 is 21.5. The first kappa shape index (κ1) is 19.8. The fraction of sp³-hybridized carbons (Fsp3) is 1.00. The highest BCUT2D eigenvalue weighted by Gasteiger charge is 2.25. The van der Waals surface area contributed by atoms with Crippen LogP contribution in [0.2, 0.25) is 0 Å². The summed E-state index contributed by atoms with van der Waals surface area (Å²) >= 11 is 0. The highest BCUT2D eigenvalue weighted by Crippen LogP contribution is 2.43. The third-order valence-electron chi connectivity index (χ3n) is 1.99. The molecule has 2 unspecified atom stereocenters. The van der Waals surface area contributed by atoms with Crippen LogP contribution in [0.5, 0.6) is 0 Å². The number of phosphoric acid groups is 1. The molecule has 0 aliphatic carbocycles. The van der Waals surface area contributed by atoms with Gasteiger partial charge in [-0.2, -0.15) is 0 Å². The molecule has 0 saturated heterocycles. The van der Waals surface area contributed by atoms with Gasteiger partial charge in [-0.1, -0.05) is 11.3 Å². The lowest BCUT2D eigenvalue weighted by molar-refractivity contribution is -0.870. The fourth-order valence-electron chi connectivity index (χ4n) is 0.966. The van der Waals surface area contributed by atoms with Crippen molar-refractivity contribution in [1.82, 2.24) is 11.3 Å². The van der Waals surface area contributed by atoms with E-state index in [0.717, 1.165) is 0 Å². The van der Waals surface area contributed by atoms with Crippen molar-refractivity contribution >= 4 is 7.82 Å². The lowest BCUT2D eigenvalue weighted by Crippen LogP contribution is -2.37. The van der Waals surface area contributed by atoms with E-state index in [4.69, 9.17) is 14.9 Å². The molecule has 0 aliphatic rings. The first-order chi connectivity index (χ1) is 9.20. The minimum Gasteiger partial charge on any atom is -0.329 e. The molecular formula is C8H23N3O8P+. The standard InChI is InChI=1S/C8H22N3O8P/c1-11(2,3)4-5-17-20(14,15)18-7-8(19-10-13)6-16-9-12/h8-10,12-13H,4-7H2,1-3H3/p+1. The Bertz CT molecular complexity index is 300. The summed E-state index contributed by atoms with van der Waals surface area (Å²) in [5.74, 6) is 0. The molecule has 0 fully saturated rings. The van der Waals surface area contributed by atoms with Gasteiger partial charge in [0.1, 0.15) is 25.9 Å². The Morgan fingerprint density at radius 3 is 2.30 bits per heavy atom. The zero-order valence-corrected chi connectivity index (χ0v) is 12.6. The van der Waals surface area contributed by atoms with Crippen molar-refractivity contribution < 1.29 is 43.1 Å². The number of nitrogens with one attached hydrogen (secondary N) is 2. The molecule has 0 rings (SSSR count). The van der Waals surface area contributed by atoms with Crippen molar-refractivity contribution in [2.45, 2.75) is 6.10 Å². The number of nitrogens with zero attached hydrogens (tertiary/aromatic N) is 1. The number of hydrogen-bond donors (Lipinski definition) is 5. The minimum atomic E-state index is -4.23. The summed E-state index contributed by atoms with van der Waals surface area (Å²) in [7, 11) is 1.49. The highest BCUT2D eigenvalue weighted by atomic mass is 31.2. The molecule has 0 bridgehead atoms. The van der Waals surface area contributed by atoms with E-state index in [2.05, 4.69) is 14.2 Å². The van der Waals surface area contributed by atoms with Crippen molar-refractivity contribution in [2.75, 3.05) is 47.5 Å². The van der Waals surface area contributed by atoms with Crippen LogP contribution in [0.3, 0.4) is 0 Å². The van der Waals surface area contributed by atoms with Crippen LogP contribution in [0.25, 0.3) is 0 Å². The lowest BCUT2D eigenvalue weighted by atomic mass is 10.4. The maximum absolute atomic E-state index is 11.5. The lowest BCUT2D eigenvalue weighted by Gasteiger charge is -2.24. The fourth-order valence-corrected chi connectivity index (χ4v) is 1.71. The molecule has 0 aromatic heterocycles. The monoisotopic (exact) mass is 320 g/mol. The van der Waals surface area contributed by atoms with Gasteiger partial charge in [0.2, 0.25) is 0 Å². The van der Waals surface area contributed by atoms with E-state index in [-0.39, 0.29) is 13.2 Å². The van der Waals surface area contributed by atoms with E-state index in [1.54, 1.807) is 0 Å². The predicted molar refractivity (Wildman–Crippen MR) is 65.3 cm³/mol. The van der Waals surface area contributed by atoms with Crippen LogP contribution >= 0.6 is 7.82 Å². The van der Waals surface area contributed by atoms with E-state index in [1.807, 2.05) is 21.1 Å². The highest BCUT2D eigenvalue weighted by molar-refractivity contribution is 7.47. The van der Waals surface area contributed by atoms with Crippen molar-refractivity contribution in [2.24, 2.45) is 0 Å². The molecule has 0 amide bonds. The SMILES string of the molecule is C[N+](C)(C)CCOP(=O)(O)OCC(CONO)ONO. The Morgan fingerprint density at radius 2 is 1.80 bits per heavy atom. The van der Waals surface area contributed by atoms with Crippen LogP contribution in [0, 0.1) is 0 Å². The van der Waals surface area contributed by atoms with E-state index in [0.29, 0.717) is 11.0 Å². The van der Waals surface area contributed by atoms with Gasteiger partial charge in [-0.05, 0) is 0 Å². The summed E-state index contributed by atoms with van der Waals surface area (Å²) in [6.45, 7) is -0.115. The number of hydrogen-bond acceptors (Lipinski definition) is 9. The van der Waals surface area contributed by atoms with E-state index in [9.17, 15) is 9.46 Å². The first-order valence-electron chi connectivity index (χ1n) is 5.68. The zero-order chi connectivity index (χ0) is 15.6. The van der Waals surface area contributed by atoms with E-state index < -0.39 is 20.5 Å². The average Bonchev–Trinajstić information content (AvgIpc) is 2.31. The van der Waals surface area contributed by atoms with Crippen LogP contribution in [-0.4, -0.2) is 73.4 Å². The minimum absolute atomic E-state index is 0.0374. The van der Waals surface area contributed by atoms with Crippen molar-refractivity contribution in [1.29, 1.82) is 0 Å². The van der Waals surface area contributed by atoms with Gasteiger partial charge < -0.3 is 9.38 Å². The molecule has 11 nitrogen and oxygen atoms in total. The molecule has 12 heteroatoms. The molecule has 0 aromatic rings. The number of quaternary nitrogens is 1. The number of rotatable bonds is 12. The first-order valence-corrected chi connectivity index (χ1v) is 7.17. The summed E-state index contributed by atoms with van der Waals surface area (Å²) in [5.41, 5.74) is 2.79. The third-order valence-corrected chi connectivity index (χ3v) is 2.98. The normalized spacial score (nSPS) is 16.9. The van der Waals surface area contributed by atoms with Gasteiger partial charge in [0, 0.05) is 0 Å². The summed E-state index contributed by atoms with van der Waals surface area (Å²) in [6, 6.07) is 0. The van der Waals surface area contributed by atoms with Crippen molar-refractivity contribution in [3.63, 3.8) is 0 Å². The molecule has 122 valence electrons. The van der Waals surface area contributed by atoms with Gasteiger partial charge in [0.15, 0.2) is 0 Å². The number of phosphoric ester groups is 1. The average molecular weight is 320 g/mol. The molecule has 20 heavy (non-hydrogen) atoms. The second-order valence-corrected chi connectivity index (χ2v) is 6.30. The van der Waals surface area contributed by atoms with Gasteiger partial charge in [-0.25, -0.2) is 4.57 Å². The van der Waals surface area contributed by atoms with Gasteiger partial charge in [-0.3, -0.25) is 29.1 Å². The van der Waals surface area contributed by atoms with Gasteiger partial charge >= 0.3 is 7.82 Å². The Hall–Kier alpha value is -0.170. The molecule has 0 saturated carbocycles. The Balaban J connectivity index is 4.06. The predicted octanol–water partition coefficient (Wildman–Crippen LogP) is -0.984. The third kappa shape index (κ3) is 11.6. The number of likely N-dealkylation sites (N-methyl/N-ethyl adjacent to an activating group) is 1. The second-order valence-electron chi connectivity index (χ2n) is 4.84. The van der Waals surface area contributed by atoms with Crippen LogP contribution in [0.1, 0.15) is 0 Å². The van der Waals surface area contributed by atoms with Crippen LogP contribution in [0.4, 0.5) is 0 Å². The summed E-state index contributed by atoms with van der Waals surface area (Å²) in [5, 5.41) is 16.6. The van der Waals surface area contributed by atoms with Crippen molar-refractivity contribution in [3.8, 4) is 0 Å². The Labute approximate surface area is 117 Å². The summed E-state index contributed by atoms with van der Waals surface area (Å²) in [4.78, 5) is 18.3. The van der Waals surface area contributed by atoms with E-state index in [1.165, 1.54) is 11.3 Å². The second kappa shape index (κ2) is 9.71. The van der Waals surface area contributed by atoms with Gasteiger partial charge in [0.05, 0.1) is 27.7 Å². The van der Waals surface area contributed by atoms with Gasteiger partial charge in [-0.15, -0.1) is 0 Å².